The quantitative estimate of drug-likeness (QED) is 0.690. The van der Waals surface area contributed by atoms with E-state index in [0.717, 1.165) is 17.6 Å². The van der Waals surface area contributed by atoms with Gasteiger partial charge in [0, 0.05) is 38.3 Å². The average molecular weight is 376 g/mol. The van der Waals surface area contributed by atoms with Gasteiger partial charge in [-0.15, -0.1) is 0 Å². The zero-order valence-electron chi connectivity index (χ0n) is 16.0. The maximum Gasteiger partial charge on any atom is 0.272 e. The number of carbonyl (C=O) groups is 1. The topological polar surface area (TPSA) is 50.6 Å². The molecule has 5 rings (SSSR count). The number of ether oxygens (including phenoxy) is 1. The highest BCUT2D eigenvalue weighted by molar-refractivity contribution is 5.94. The smallest absolute Gasteiger partial charge is 0.272 e. The standard InChI is InChI=1S/C22H24N4O2/c1-24-10-9-17-7-8-19(23-21(17)24)22(27)25-11-12-26-18(13-25)14-28-15-20(26)16-5-3-2-4-6-16/h2-10,18,20H,11-15H2,1H3/t18-,20-/m1/s1. The summed E-state index contributed by atoms with van der Waals surface area (Å²) in [6.45, 7) is 3.61. The summed E-state index contributed by atoms with van der Waals surface area (Å²) < 4.78 is 7.85. The van der Waals surface area contributed by atoms with Crippen molar-refractivity contribution in [1.29, 1.82) is 0 Å². The number of fused-ring (bicyclic) bond motifs is 2. The highest BCUT2D eigenvalue weighted by Crippen LogP contribution is 2.30. The van der Waals surface area contributed by atoms with Crippen LogP contribution in [0.15, 0.2) is 54.7 Å². The first kappa shape index (κ1) is 17.4. The lowest BCUT2D eigenvalue weighted by Crippen LogP contribution is -2.60. The van der Waals surface area contributed by atoms with E-state index in [0.29, 0.717) is 32.0 Å². The van der Waals surface area contributed by atoms with Crippen molar-refractivity contribution in [2.24, 2.45) is 7.05 Å². The zero-order chi connectivity index (χ0) is 19.1. The molecule has 0 spiro atoms. The molecule has 144 valence electrons. The fourth-order valence-corrected chi connectivity index (χ4v) is 4.40. The number of morpholine rings is 1. The van der Waals surface area contributed by atoms with Crippen molar-refractivity contribution < 1.29 is 9.53 Å². The van der Waals surface area contributed by atoms with Gasteiger partial charge in [-0.25, -0.2) is 4.98 Å². The van der Waals surface area contributed by atoms with Crippen LogP contribution in [0.1, 0.15) is 22.1 Å². The second-order valence-corrected chi connectivity index (χ2v) is 7.64. The van der Waals surface area contributed by atoms with E-state index in [2.05, 4.69) is 34.1 Å². The lowest BCUT2D eigenvalue weighted by molar-refractivity contribution is -0.0770. The number of hydrogen-bond donors (Lipinski definition) is 0. The number of benzene rings is 1. The number of piperazine rings is 1. The minimum Gasteiger partial charge on any atom is -0.378 e. The molecule has 3 aromatic rings. The highest BCUT2D eigenvalue weighted by Gasteiger charge is 2.38. The van der Waals surface area contributed by atoms with Gasteiger partial charge in [-0.05, 0) is 23.8 Å². The van der Waals surface area contributed by atoms with Gasteiger partial charge in [-0.3, -0.25) is 9.69 Å². The molecule has 2 aliphatic heterocycles. The van der Waals surface area contributed by atoms with Crippen molar-refractivity contribution in [1.82, 2.24) is 19.4 Å². The van der Waals surface area contributed by atoms with Crippen molar-refractivity contribution in [2.75, 3.05) is 32.8 Å². The molecule has 0 saturated carbocycles. The minimum atomic E-state index is 0.00424. The summed E-state index contributed by atoms with van der Waals surface area (Å²) in [5.41, 5.74) is 2.64. The summed E-state index contributed by atoms with van der Waals surface area (Å²) in [5.74, 6) is 0.00424. The molecular weight excluding hydrogens is 352 g/mol. The van der Waals surface area contributed by atoms with Gasteiger partial charge in [0.1, 0.15) is 11.3 Å². The van der Waals surface area contributed by atoms with E-state index in [4.69, 9.17) is 4.74 Å². The van der Waals surface area contributed by atoms with Gasteiger partial charge in [0.05, 0.1) is 25.3 Å². The van der Waals surface area contributed by atoms with Crippen LogP contribution in [0, 0.1) is 0 Å². The Bertz CT molecular complexity index is 1000. The molecule has 6 heteroatoms. The summed E-state index contributed by atoms with van der Waals surface area (Å²) in [5, 5.41) is 1.05. The highest BCUT2D eigenvalue weighted by atomic mass is 16.5. The largest absolute Gasteiger partial charge is 0.378 e. The molecule has 2 saturated heterocycles. The van der Waals surface area contributed by atoms with Crippen LogP contribution in [0.5, 0.6) is 0 Å². The van der Waals surface area contributed by atoms with Gasteiger partial charge in [0.2, 0.25) is 0 Å². The molecule has 28 heavy (non-hydrogen) atoms. The first-order valence-corrected chi connectivity index (χ1v) is 9.80. The third-order valence-electron chi connectivity index (χ3n) is 5.92. The van der Waals surface area contributed by atoms with Crippen molar-refractivity contribution in [3.8, 4) is 0 Å². The fourth-order valence-electron chi connectivity index (χ4n) is 4.40. The molecule has 0 unspecified atom stereocenters. The Labute approximate surface area is 164 Å². The predicted molar refractivity (Wildman–Crippen MR) is 107 cm³/mol. The first-order valence-electron chi connectivity index (χ1n) is 9.80. The fraction of sp³-hybridized carbons (Fsp3) is 0.364. The Morgan fingerprint density at radius 2 is 1.93 bits per heavy atom. The third-order valence-corrected chi connectivity index (χ3v) is 5.92. The maximum atomic E-state index is 13.1. The normalized spacial score (nSPS) is 23.0. The van der Waals surface area contributed by atoms with Crippen LogP contribution >= 0.6 is 0 Å². The molecule has 0 N–H and O–H groups in total. The molecule has 1 amide bonds. The Balaban J connectivity index is 1.34. The van der Waals surface area contributed by atoms with Gasteiger partial charge in [-0.1, -0.05) is 30.3 Å². The molecule has 0 radical (unpaired) electrons. The van der Waals surface area contributed by atoms with E-state index in [9.17, 15) is 4.79 Å². The summed E-state index contributed by atoms with van der Waals surface area (Å²) in [4.78, 5) is 22.1. The summed E-state index contributed by atoms with van der Waals surface area (Å²) >= 11 is 0. The lowest BCUT2D eigenvalue weighted by Gasteiger charge is -2.48. The number of aromatic nitrogens is 2. The number of nitrogens with zero attached hydrogens (tertiary/aromatic N) is 4. The van der Waals surface area contributed by atoms with Crippen molar-refractivity contribution >= 4 is 16.9 Å². The van der Waals surface area contributed by atoms with Crippen molar-refractivity contribution in [3.63, 3.8) is 0 Å². The molecule has 6 nitrogen and oxygen atoms in total. The van der Waals surface area contributed by atoms with E-state index in [1.54, 1.807) is 0 Å². The van der Waals surface area contributed by atoms with Crippen LogP contribution in [0.2, 0.25) is 0 Å². The van der Waals surface area contributed by atoms with E-state index in [1.165, 1.54) is 5.56 Å². The Kier molecular flexibility index (Phi) is 4.37. The van der Waals surface area contributed by atoms with Crippen LogP contribution in [0.3, 0.4) is 0 Å². The van der Waals surface area contributed by atoms with Crippen LogP contribution in [-0.2, 0) is 11.8 Å². The molecule has 2 atom stereocenters. The SMILES string of the molecule is Cn1ccc2ccc(C(=O)N3CCN4[C@@H](COC[C@@H]4c4ccccc4)C3)nc21. The van der Waals surface area contributed by atoms with Gasteiger partial charge >= 0.3 is 0 Å². The van der Waals surface area contributed by atoms with E-state index >= 15 is 0 Å². The second kappa shape index (κ2) is 7.04. The van der Waals surface area contributed by atoms with Crippen LogP contribution < -0.4 is 0 Å². The molecule has 0 bridgehead atoms. The van der Waals surface area contributed by atoms with Crippen LogP contribution in [0.4, 0.5) is 0 Å². The predicted octanol–water partition coefficient (Wildman–Crippen LogP) is 2.47. The number of hydrogen-bond acceptors (Lipinski definition) is 4. The Morgan fingerprint density at radius 3 is 2.79 bits per heavy atom. The summed E-state index contributed by atoms with van der Waals surface area (Å²) in [6.07, 6.45) is 1.97. The molecule has 2 aliphatic rings. The van der Waals surface area contributed by atoms with Gasteiger partial charge in [-0.2, -0.15) is 0 Å². The van der Waals surface area contributed by atoms with Crippen LogP contribution in [0.25, 0.3) is 11.0 Å². The number of amides is 1. The molecular formula is C22H24N4O2. The molecule has 1 aromatic carbocycles. The third kappa shape index (κ3) is 2.99. The van der Waals surface area contributed by atoms with Crippen molar-refractivity contribution in [2.45, 2.75) is 12.1 Å². The molecule has 2 aromatic heterocycles. The number of aryl methyl sites for hydroxylation is 1. The molecule has 2 fully saturated rings. The maximum absolute atomic E-state index is 13.1. The summed E-state index contributed by atoms with van der Waals surface area (Å²) in [7, 11) is 1.95. The first-order chi connectivity index (χ1) is 13.7. The Hall–Kier alpha value is -2.70. The second-order valence-electron chi connectivity index (χ2n) is 7.64. The number of pyridine rings is 1. The van der Waals surface area contributed by atoms with E-state index in [1.807, 2.05) is 47.0 Å². The zero-order valence-corrected chi connectivity index (χ0v) is 16.0. The summed E-state index contributed by atoms with van der Waals surface area (Å²) in [6, 6.07) is 16.8. The monoisotopic (exact) mass is 376 g/mol. The minimum absolute atomic E-state index is 0.00424. The van der Waals surface area contributed by atoms with Gasteiger partial charge in [0.25, 0.3) is 5.91 Å². The number of rotatable bonds is 2. The molecule has 0 aliphatic carbocycles. The van der Waals surface area contributed by atoms with E-state index < -0.39 is 0 Å². The number of carbonyl (C=O) groups excluding carboxylic acids is 1. The van der Waals surface area contributed by atoms with Crippen LogP contribution in [-0.4, -0.2) is 64.1 Å². The van der Waals surface area contributed by atoms with Gasteiger partial charge < -0.3 is 14.2 Å². The van der Waals surface area contributed by atoms with Gasteiger partial charge in [0.15, 0.2) is 0 Å². The van der Waals surface area contributed by atoms with Crippen molar-refractivity contribution in [3.05, 3.63) is 66.0 Å². The van der Waals surface area contributed by atoms with E-state index in [-0.39, 0.29) is 18.0 Å². The molecule has 4 heterocycles. The average Bonchev–Trinajstić information content (AvgIpc) is 3.13. The Morgan fingerprint density at radius 1 is 1.07 bits per heavy atom. The lowest BCUT2D eigenvalue weighted by atomic mass is 10.00.